The predicted molar refractivity (Wildman–Crippen MR) is 95.0 cm³/mol. The highest BCUT2D eigenvalue weighted by atomic mass is 16.5. The van der Waals surface area contributed by atoms with Crippen molar-refractivity contribution in [3.63, 3.8) is 0 Å². The molecule has 0 bridgehead atoms. The lowest BCUT2D eigenvalue weighted by molar-refractivity contribution is 0.0339. The maximum absolute atomic E-state index is 10.1. The number of aromatic hydroxyl groups is 1. The van der Waals surface area contributed by atoms with Gasteiger partial charge in [0.1, 0.15) is 11.8 Å². The number of rotatable bonds is 5. The Morgan fingerprint density at radius 1 is 1.12 bits per heavy atom. The molecule has 0 aromatic heterocycles. The first-order chi connectivity index (χ1) is 12.3. The molecule has 6 heteroatoms. The molecule has 134 valence electrons. The van der Waals surface area contributed by atoms with Crippen molar-refractivity contribution in [2.75, 3.05) is 52.6 Å². The number of nitriles is 1. The number of hydrogen-bond acceptors (Lipinski definition) is 6. The highest BCUT2D eigenvalue weighted by Gasteiger charge is 2.18. The Kier molecular flexibility index (Phi) is 6.42. The van der Waals surface area contributed by atoms with Gasteiger partial charge >= 0.3 is 0 Å². The molecule has 1 aromatic carbocycles. The van der Waals surface area contributed by atoms with Crippen molar-refractivity contribution in [2.24, 2.45) is 0 Å². The molecule has 0 aliphatic carbocycles. The zero-order valence-electron chi connectivity index (χ0n) is 14.4. The van der Waals surface area contributed by atoms with Crippen LogP contribution < -0.4 is 0 Å². The third kappa shape index (κ3) is 5.03. The Balaban J connectivity index is 1.67. The molecule has 1 atom stereocenters. The Hall–Kier alpha value is -1.91. The van der Waals surface area contributed by atoms with E-state index in [2.05, 4.69) is 15.9 Å². The lowest BCUT2D eigenvalue weighted by atomic mass is 10.1. The second kappa shape index (κ2) is 8.97. The van der Waals surface area contributed by atoms with Crippen LogP contribution in [0.3, 0.4) is 0 Å². The Morgan fingerprint density at radius 3 is 2.48 bits per heavy atom. The lowest BCUT2D eigenvalue weighted by Gasteiger charge is -2.28. The number of phenolic OH excluding ortho intramolecular Hbond substituents is 1. The fourth-order valence-electron chi connectivity index (χ4n) is 3.14. The monoisotopic (exact) mass is 343 g/mol. The van der Waals surface area contributed by atoms with Crippen molar-refractivity contribution < 1.29 is 14.6 Å². The van der Waals surface area contributed by atoms with Gasteiger partial charge in [0.15, 0.2) is 0 Å². The van der Waals surface area contributed by atoms with Crippen LogP contribution in [-0.4, -0.2) is 73.6 Å². The van der Waals surface area contributed by atoms with Crippen LogP contribution in [0.2, 0.25) is 0 Å². The van der Waals surface area contributed by atoms with E-state index in [4.69, 9.17) is 9.47 Å². The molecule has 0 spiro atoms. The zero-order chi connectivity index (χ0) is 17.5. The third-order valence-electron chi connectivity index (χ3n) is 4.64. The predicted octanol–water partition coefficient (Wildman–Crippen LogP) is 1.46. The van der Waals surface area contributed by atoms with Crippen molar-refractivity contribution in [1.82, 2.24) is 9.80 Å². The number of phenols is 1. The van der Waals surface area contributed by atoms with Gasteiger partial charge < -0.3 is 14.6 Å². The Labute approximate surface area is 148 Å². The van der Waals surface area contributed by atoms with E-state index in [1.54, 1.807) is 6.07 Å². The molecule has 6 nitrogen and oxygen atoms in total. The highest BCUT2D eigenvalue weighted by molar-refractivity contribution is 5.54. The van der Waals surface area contributed by atoms with Gasteiger partial charge in [0, 0.05) is 38.3 Å². The number of morpholine rings is 2. The van der Waals surface area contributed by atoms with Gasteiger partial charge in [0.2, 0.25) is 0 Å². The minimum absolute atomic E-state index is 0.250. The van der Waals surface area contributed by atoms with Crippen LogP contribution >= 0.6 is 0 Å². The summed E-state index contributed by atoms with van der Waals surface area (Å²) < 4.78 is 10.7. The molecular weight excluding hydrogens is 318 g/mol. The molecule has 2 saturated heterocycles. The summed E-state index contributed by atoms with van der Waals surface area (Å²) in [6, 6.07) is 7.70. The maximum Gasteiger partial charge on any atom is 0.120 e. The van der Waals surface area contributed by atoms with Crippen LogP contribution in [0.4, 0.5) is 0 Å². The summed E-state index contributed by atoms with van der Waals surface area (Å²) in [7, 11) is 0. The van der Waals surface area contributed by atoms with Gasteiger partial charge in [0.05, 0.1) is 32.5 Å². The van der Waals surface area contributed by atoms with Gasteiger partial charge in [-0.3, -0.25) is 9.80 Å². The van der Waals surface area contributed by atoms with E-state index in [0.29, 0.717) is 25.5 Å². The van der Waals surface area contributed by atoms with Crippen LogP contribution in [0.1, 0.15) is 11.1 Å². The Bertz CT molecular complexity index is 629. The van der Waals surface area contributed by atoms with Gasteiger partial charge in [-0.1, -0.05) is 18.2 Å². The molecule has 25 heavy (non-hydrogen) atoms. The number of ether oxygens (including phenoxy) is 2. The average molecular weight is 343 g/mol. The molecule has 0 radical (unpaired) electrons. The first kappa shape index (κ1) is 17.9. The SMILES string of the molecule is N#CC(C=Cc1ccc(O)c(CN2CCOCC2)c1)N1CCOCC1. The van der Waals surface area contributed by atoms with Gasteiger partial charge in [-0.2, -0.15) is 5.26 Å². The van der Waals surface area contributed by atoms with Gasteiger partial charge in [-0.25, -0.2) is 0 Å². The van der Waals surface area contributed by atoms with Gasteiger partial charge in [-0.15, -0.1) is 0 Å². The van der Waals surface area contributed by atoms with Crippen molar-refractivity contribution >= 4 is 6.08 Å². The van der Waals surface area contributed by atoms with Crippen LogP contribution in [0.15, 0.2) is 24.3 Å². The summed E-state index contributed by atoms with van der Waals surface area (Å²) >= 11 is 0. The molecule has 1 N–H and O–H groups in total. The smallest absolute Gasteiger partial charge is 0.120 e. The third-order valence-corrected chi connectivity index (χ3v) is 4.64. The molecular formula is C19H25N3O3. The second-order valence-electron chi connectivity index (χ2n) is 6.36. The highest BCUT2D eigenvalue weighted by Crippen LogP contribution is 2.22. The molecule has 0 amide bonds. The molecule has 1 unspecified atom stereocenters. The van der Waals surface area contributed by atoms with Crippen molar-refractivity contribution in [3.05, 3.63) is 35.4 Å². The summed E-state index contributed by atoms with van der Waals surface area (Å²) in [5.74, 6) is 0.314. The second-order valence-corrected chi connectivity index (χ2v) is 6.36. The fourth-order valence-corrected chi connectivity index (χ4v) is 3.14. The van der Waals surface area contributed by atoms with Crippen molar-refractivity contribution in [3.8, 4) is 11.8 Å². The van der Waals surface area contributed by atoms with Crippen LogP contribution in [0.25, 0.3) is 6.08 Å². The maximum atomic E-state index is 10.1. The topological polar surface area (TPSA) is 69.0 Å². The van der Waals surface area contributed by atoms with E-state index in [0.717, 1.165) is 50.5 Å². The number of hydrogen-bond donors (Lipinski definition) is 1. The minimum Gasteiger partial charge on any atom is -0.508 e. The zero-order valence-corrected chi connectivity index (χ0v) is 14.4. The fraction of sp³-hybridized carbons (Fsp3) is 0.526. The number of nitrogens with zero attached hydrogens (tertiary/aromatic N) is 3. The quantitative estimate of drug-likeness (QED) is 0.873. The van der Waals surface area contributed by atoms with E-state index in [1.165, 1.54) is 0 Å². The lowest BCUT2D eigenvalue weighted by Crippen LogP contribution is -2.41. The summed E-state index contributed by atoms with van der Waals surface area (Å²) in [6.07, 6.45) is 3.89. The van der Waals surface area contributed by atoms with E-state index < -0.39 is 0 Å². The first-order valence-electron chi connectivity index (χ1n) is 8.78. The van der Waals surface area contributed by atoms with Gasteiger partial charge in [-0.05, 0) is 17.7 Å². The molecule has 2 heterocycles. The standard InChI is InChI=1S/C19H25N3O3/c20-14-18(22-7-11-25-12-8-22)3-1-16-2-4-19(23)17(13-16)15-21-5-9-24-10-6-21/h1-4,13,18,23H,5-12,15H2. The van der Waals surface area contributed by atoms with Crippen molar-refractivity contribution in [2.45, 2.75) is 12.6 Å². The molecule has 3 rings (SSSR count). The van der Waals surface area contributed by atoms with E-state index >= 15 is 0 Å². The summed E-state index contributed by atoms with van der Waals surface area (Å²) in [6.45, 7) is 6.86. The van der Waals surface area contributed by atoms with Crippen LogP contribution in [0, 0.1) is 11.3 Å². The van der Waals surface area contributed by atoms with E-state index in [1.807, 2.05) is 24.3 Å². The molecule has 1 aromatic rings. The first-order valence-corrected chi connectivity index (χ1v) is 8.78. The summed E-state index contributed by atoms with van der Waals surface area (Å²) in [5, 5.41) is 19.6. The minimum atomic E-state index is -0.250. The normalized spacial score (nSPS) is 21.2. The summed E-state index contributed by atoms with van der Waals surface area (Å²) in [5.41, 5.74) is 1.90. The van der Waals surface area contributed by atoms with E-state index in [9.17, 15) is 10.4 Å². The summed E-state index contributed by atoms with van der Waals surface area (Å²) in [4.78, 5) is 4.40. The van der Waals surface area contributed by atoms with E-state index in [-0.39, 0.29) is 6.04 Å². The molecule has 2 fully saturated rings. The van der Waals surface area contributed by atoms with Gasteiger partial charge in [0.25, 0.3) is 0 Å². The largest absolute Gasteiger partial charge is 0.508 e. The molecule has 0 saturated carbocycles. The van der Waals surface area contributed by atoms with Crippen molar-refractivity contribution in [1.29, 1.82) is 5.26 Å². The average Bonchev–Trinajstić information content (AvgIpc) is 2.66. The molecule has 2 aliphatic heterocycles. The molecule has 2 aliphatic rings. The number of benzene rings is 1. The Morgan fingerprint density at radius 2 is 1.80 bits per heavy atom. The van der Waals surface area contributed by atoms with Crippen LogP contribution in [-0.2, 0) is 16.0 Å². The van der Waals surface area contributed by atoms with Crippen LogP contribution in [0.5, 0.6) is 5.75 Å².